The fraction of sp³-hybridized carbons (Fsp3) is 0.857. The summed E-state index contributed by atoms with van der Waals surface area (Å²) in [4.78, 5) is 11.0. The summed E-state index contributed by atoms with van der Waals surface area (Å²) in [7, 11) is 2.66. The van der Waals surface area contributed by atoms with Crippen molar-refractivity contribution >= 4 is 15.3 Å². The summed E-state index contributed by atoms with van der Waals surface area (Å²) in [6.07, 6.45) is 1.24. The number of nitrogens with one attached hydrogen (secondary N) is 1. The highest BCUT2D eigenvalue weighted by Crippen LogP contribution is 2.19. The summed E-state index contributed by atoms with van der Waals surface area (Å²) >= 11 is 0. The zero-order chi connectivity index (χ0) is 8.55. The van der Waals surface area contributed by atoms with Crippen LogP contribution in [0.15, 0.2) is 0 Å². The standard InChI is InChI=1S/C7H13N2O2P/c10-7-4-11-6-1-2-9(12)3-5(6)8-7/h5-6H,1-4,12H2,(H,8,10). The van der Waals surface area contributed by atoms with Gasteiger partial charge < -0.3 is 10.1 Å². The summed E-state index contributed by atoms with van der Waals surface area (Å²) in [5.74, 6) is 0.0107. The van der Waals surface area contributed by atoms with Crippen molar-refractivity contribution in [2.45, 2.75) is 18.6 Å². The molecule has 0 spiro atoms. The first-order valence-corrected chi connectivity index (χ1v) is 4.68. The molecule has 0 bridgehead atoms. The third-order valence-electron chi connectivity index (χ3n) is 2.36. The number of amides is 1. The van der Waals surface area contributed by atoms with Crippen molar-refractivity contribution in [1.82, 2.24) is 9.99 Å². The smallest absolute Gasteiger partial charge is 0.246 e. The molecule has 2 heterocycles. The van der Waals surface area contributed by atoms with E-state index >= 15 is 0 Å². The van der Waals surface area contributed by atoms with Gasteiger partial charge in [-0.25, -0.2) is 0 Å². The Morgan fingerprint density at radius 3 is 3.33 bits per heavy atom. The van der Waals surface area contributed by atoms with Crippen molar-refractivity contribution in [3.8, 4) is 0 Å². The van der Waals surface area contributed by atoms with E-state index < -0.39 is 0 Å². The van der Waals surface area contributed by atoms with E-state index in [0.717, 1.165) is 19.5 Å². The van der Waals surface area contributed by atoms with E-state index in [9.17, 15) is 4.79 Å². The van der Waals surface area contributed by atoms with Crippen molar-refractivity contribution < 1.29 is 9.53 Å². The second-order valence-corrected chi connectivity index (χ2v) is 4.04. The second-order valence-electron chi connectivity index (χ2n) is 3.31. The van der Waals surface area contributed by atoms with Gasteiger partial charge in [0, 0.05) is 13.1 Å². The number of fused-ring (bicyclic) bond motifs is 1. The maximum atomic E-state index is 11.0. The van der Waals surface area contributed by atoms with Crippen molar-refractivity contribution in [2.24, 2.45) is 0 Å². The predicted molar refractivity (Wildman–Crippen MR) is 47.6 cm³/mol. The highest BCUT2D eigenvalue weighted by molar-refractivity contribution is 7.13. The molecule has 12 heavy (non-hydrogen) atoms. The summed E-state index contributed by atoms with van der Waals surface area (Å²) in [5.41, 5.74) is 0. The van der Waals surface area contributed by atoms with E-state index in [1.165, 1.54) is 0 Å². The minimum absolute atomic E-state index is 0.0107. The van der Waals surface area contributed by atoms with Crippen molar-refractivity contribution in [2.75, 3.05) is 19.7 Å². The van der Waals surface area contributed by atoms with Gasteiger partial charge in [0.2, 0.25) is 5.91 Å². The average molecular weight is 188 g/mol. The molecular formula is C7H13N2O2P. The van der Waals surface area contributed by atoms with E-state index in [1.807, 2.05) is 0 Å². The third-order valence-corrected chi connectivity index (χ3v) is 2.82. The molecule has 68 valence electrons. The van der Waals surface area contributed by atoms with Gasteiger partial charge in [0.25, 0.3) is 0 Å². The highest BCUT2D eigenvalue weighted by Gasteiger charge is 2.33. The Balaban J connectivity index is 1.99. The van der Waals surface area contributed by atoms with Crippen LogP contribution in [-0.4, -0.2) is 42.4 Å². The summed E-state index contributed by atoms with van der Waals surface area (Å²) in [5, 5.41) is 2.93. The van der Waals surface area contributed by atoms with E-state index in [0.29, 0.717) is 0 Å². The molecule has 2 rings (SSSR count). The Labute approximate surface area is 73.9 Å². The molecule has 3 atom stereocenters. The van der Waals surface area contributed by atoms with Gasteiger partial charge in [0.1, 0.15) is 6.61 Å². The number of carbonyl (C=O) groups excluding carboxylic acids is 1. The Kier molecular flexibility index (Phi) is 2.31. The zero-order valence-corrected chi connectivity index (χ0v) is 7.98. The van der Waals surface area contributed by atoms with Crippen LogP contribution in [0.2, 0.25) is 0 Å². The van der Waals surface area contributed by atoms with Gasteiger partial charge in [-0.05, 0) is 6.42 Å². The van der Waals surface area contributed by atoms with Gasteiger partial charge in [-0.1, -0.05) is 9.39 Å². The van der Waals surface area contributed by atoms with Crippen LogP contribution in [0.25, 0.3) is 0 Å². The molecule has 4 nitrogen and oxygen atoms in total. The number of carbonyl (C=O) groups is 1. The molecule has 0 aromatic heterocycles. The van der Waals surface area contributed by atoms with Crippen molar-refractivity contribution in [3.05, 3.63) is 0 Å². The SMILES string of the molecule is O=C1COC2CCN(P)CC2N1. The third kappa shape index (κ3) is 1.60. The van der Waals surface area contributed by atoms with Crippen LogP contribution in [0, 0.1) is 0 Å². The molecule has 1 N–H and O–H groups in total. The van der Waals surface area contributed by atoms with Gasteiger partial charge in [-0.2, -0.15) is 0 Å². The van der Waals surface area contributed by atoms with E-state index in [1.54, 1.807) is 0 Å². The molecule has 0 aliphatic carbocycles. The molecular weight excluding hydrogens is 175 g/mol. The Bertz CT molecular complexity index is 200. The molecule has 2 saturated heterocycles. The van der Waals surface area contributed by atoms with Gasteiger partial charge in [-0.15, -0.1) is 0 Å². The molecule has 0 aromatic rings. The Morgan fingerprint density at radius 2 is 2.50 bits per heavy atom. The van der Waals surface area contributed by atoms with Crippen LogP contribution in [0.4, 0.5) is 0 Å². The summed E-state index contributed by atoms with van der Waals surface area (Å²) < 4.78 is 7.53. The first-order chi connectivity index (χ1) is 5.75. The predicted octanol–water partition coefficient (Wildman–Crippen LogP) is -0.634. The van der Waals surface area contributed by atoms with Gasteiger partial charge in [0.15, 0.2) is 0 Å². The molecule has 5 heteroatoms. The summed E-state index contributed by atoms with van der Waals surface area (Å²) in [6.45, 7) is 2.14. The summed E-state index contributed by atoms with van der Waals surface area (Å²) in [6, 6.07) is 0.192. The molecule has 0 saturated carbocycles. The van der Waals surface area contributed by atoms with Crippen LogP contribution in [0.1, 0.15) is 6.42 Å². The number of morpholine rings is 1. The first-order valence-electron chi connectivity index (χ1n) is 4.16. The van der Waals surface area contributed by atoms with Crippen molar-refractivity contribution in [1.29, 1.82) is 0 Å². The number of hydrogen-bond acceptors (Lipinski definition) is 3. The number of nitrogens with zero attached hydrogens (tertiary/aromatic N) is 1. The average Bonchev–Trinajstić information content (AvgIpc) is 2.03. The number of hydrogen-bond donors (Lipinski definition) is 1. The van der Waals surface area contributed by atoms with Gasteiger partial charge in [0.05, 0.1) is 12.1 Å². The fourth-order valence-electron chi connectivity index (χ4n) is 1.73. The lowest BCUT2D eigenvalue weighted by Crippen LogP contribution is -2.58. The molecule has 3 unspecified atom stereocenters. The number of rotatable bonds is 0. The normalized spacial score (nSPS) is 37.2. The van der Waals surface area contributed by atoms with E-state index in [4.69, 9.17) is 4.74 Å². The number of ether oxygens (including phenoxy) is 1. The maximum Gasteiger partial charge on any atom is 0.246 e. The molecule has 0 aromatic carbocycles. The molecule has 0 radical (unpaired) electrons. The van der Waals surface area contributed by atoms with Crippen molar-refractivity contribution in [3.63, 3.8) is 0 Å². The lowest BCUT2D eigenvalue weighted by molar-refractivity contribution is -0.139. The fourth-order valence-corrected chi connectivity index (χ4v) is 2.10. The van der Waals surface area contributed by atoms with Crippen LogP contribution < -0.4 is 5.32 Å². The second kappa shape index (κ2) is 3.29. The minimum Gasteiger partial charge on any atom is -0.366 e. The maximum absolute atomic E-state index is 11.0. The molecule has 2 aliphatic rings. The van der Waals surface area contributed by atoms with Crippen LogP contribution in [0.5, 0.6) is 0 Å². The zero-order valence-electron chi connectivity index (χ0n) is 6.82. The monoisotopic (exact) mass is 188 g/mol. The molecule has 1 amide bonds. The Morgan fingerprint density at radius 1 is 1.67 bits per heavy atom. The topological polar surface area (TPSA) is 41.6 Å². The van der Waals surface area contributed by atoms with E-state index in [2.05, 4.69) is 19.4 Å². The van der Waals surface area contributed by atoms with Gasteiger partial charge in [-0.3, -0.25) is 9.46 Å². The highest BCUT2D eigenvalue weighted by atomic mass is 31.0. The number of piperidine rings is 1. The van der Waals surface area contributed by atoms with Crippen LogP contribution >= 0.6 is 9.39 Å². The minimum atomic E-state index is 0.0107. The first kappa shape index (κ1) is 8.42. The van der Waals surface area contributed by atoms with E-state index in [-0.39, 0.29) is 24.7 Å². The molecule has 2 aliphatic heterocycles. The largest absolute Gasteiger partial charge is 0.366 e. The van der Waals surface area contributed by atoms with Crippen LogP contribution in [0.3, 0.4) is 0 Å². The molecule has 2 fully saturated rings. The van der Waals surface area contributed by atoms with Crippen LogP contribution in [-0.2, 0) is 9.53 Å². The Hall–Kier alpha value is -0.180. The van der Waals surface area contributed by atoms with Gasteiger partial charge >= 0.3 is 0 Å². The lowest BCUT2D eigenvalue weighted by Gasteiger charge is -2.39. The quantitative estimate of drug-likeness (QED) is 0.514. The lowest BCUT2D eigenvalue weighted by atomic mass is 10.0.